The molecule has 0 amide bonds. The first kappa shape index (κ1) is 25.1. The van der Waals surface area contributed by atoms with Gasteiger partial charge >= 0.3 is 0 Å². The van der Waals surface area contributed by atoms with Crippen LogP contribution in [0.4, 0.5) is 0 Å². The molecule has 0 spiro atoms. The average molecular weight is 541 g/mol. The summed E-state index contributed by atoms with van der Waals surface area (Å²) in [5.74, 6) is 1.49. The average Bonchev–Trinajstić information content (AvgIpc) is 3.59. The second-order valence-electron chi connectivity index (χ2n) is 10.6. The molecular formula is C38H24N2O2. The summed E-state index contributed by atoms with van der Waals surface area (Å²) in [6.45, 7) is 4.15. The Balaban J connectivity index is 1.54. The normalized spacial score (nSPS) is 11.0. The first-order valence-corrected chi connectivity index (χ1v) is 13.7. The van der Waals surface area contributed by atoms with Gasteiger partial charge in [0.05, 0.1) is 23.3 Å². The third-order valence-electron chi connectivity index (χ3n) is 7.73. The highest BCUT2D eigenvalue weighted by Crippen LogP contribution is 2.47. The number of furan rings is 2. The van der Waals surface area contributed by atoms with Crippen LogP contribution in [0.2, 0.25) is 0 Å². The molecule has 5 aromatic carbocycles. The Hall–Kier alpha value is -5.84. The van der Waals surface area contributed by atoms with E-state index in [1.807, 2.05) is 54.6 Å². The SMILES string of the molecule is Cc1ccc(-c2c(-c3ccc(C#N)cc3)oc3cc4oc(-c5ccc(C#N)cc5)c(-c5ccc(C)cc5)c4cc23)cc1. The highest BCUT2D eigenvalue weighted by Gasteiger charge is 2.23. The van der Waals surface area contributed by atoms with E-state index in [0.717, 1.165) is 55.7 Å². The van der Waals surface area contributed by atoms with Crippen LogP contribution in [0.25, 0.3) is 66.8 Å². The van der Waals surface area contributed by atoms with Gasteiger partial charge < -0.3 is 8.83 Å². The molecule has 0 N–H and O–H groups in total. The van der Waals surface area contributed by atoms with Crippen LogP contribution in [-0.2, 0) is 0 Å². The molecule has 0 atom stereocenters. The Morgan fingerprint density at radius 2 is 0.810 bits per heavy atom. The van der Waals surface area contributed by atoms with Crippen molar-refractivity contribution in [2.45, 2.75) is 13.8 Å². The summed E-state index contributed by atoms with van der Waals surface area (Å²) in [7, 11) is 0. The minimum absolute atomic E-state index is 0.599. The number of hydrogen-bond acceptors (Lipinski definition) is 4. The monoisotopic (exact) mass is 540 g/mol. The van der Waals surface area contributed by atoms with E-state index in [0.29, 0.717) is 22.3 Å². The lowest BCUT2D eigenvalue weighted by Crippen LogP contribution is -1.84. The summed E-state index contributed by atoms with van der Waals surface area (Å²) >= 11 is 0. The second kappa shape index (κ2) is 9.97. The van der Waals surface area contributed by atoms with Gasteiger partial charge in [-0.15, -0.1) is 0 Å². The van der Waals surface area contributed by atoms with Gasteiger partial charge in [0.15, 0.2) is 0 Å². The minimum Gasteiger partial charge on any atom is -0.455 e. The smallest absolute Gasteiger partial charge is 0.143 e. The van der Waals surface area contributed by atoms with Gasteiger partial charge in [0.1, 0.15) is 22.7 Å². The van der Waals surface area contributed by atoms with Crippen molar-refractivity contribution in [1.29, 1.82) is 10.5 Å². The lowest BCUT2D eigenvalue weighted by molar-refractivity contribution is 0.620. The summed E-state index contributed by atoms with van der Waals surface area (Å²) < 4.78 is 13.2. The molecule has 0 aliphatic heterocycles. The molecule has 4 heteroatoms. The molecule has 2 heterocycles. The van der Waals surface area contributed by atoms with Crippen molar-refractivity contribution >= 4 is 21.9 Å². The first-order chi connectivity index (χ1) is 20.5. The van der Waals surface area contributed by atoms with E-state index >= 15 is 0 Å². The summed E-state index contributed by atoms with van der Waals surface area (Å²) in [5, 5.41) is 20.6. The highest BCUT2D eigenvalue weighted by molar-refractivity contribution is 6.11. The van der Waals surface area contributed by atoms with Crippen LogP contribution in [0.1, 0.15) is 22.3 Å². The molecule has 2 aromatic heterocycles. The molecule has 0 unspecified atom stereocenters. The van der Waals surface area contributed by atoms with Crippen molar-refractivity contribution in [1.82, 2.24) is 0 Å². The molecule has 0 saturated heterocycles. The largest absolute Gasteiger partial charge is 0.455 e. The quantitative estimate of drug-likeness (QED) is 0.223. The molecular weight excluding hydrogens is 516 g/mol. The summed E-state index contributed by atoms with van der Waals surface area (Å²) in [6.07, 6.45) is 0. The van der Waals surface area contributed by atoms with Crippen LogP contribution in [0.15, 0.2) is 118 Å². The molecule has 0 aliphatic carbocycles. The van der Waals surface area contributed by atoms with Crippen molar-refractivity contribution in [2.75, 3.05) is 0 Å². The zero-order valence-electron chi connectivity index (χ0n) is 23.1. The summed E-state index contributed by atoms with van der Waals surface area (Å²) in [4.78, 5) is 0. The molecule has 0 radical (unpaired) electrons. The first-order valence-electron chi connectivity index (χ1n) is 13.7. The number of fused-ring (bicyclic) bond motifs is 2. The number of nitriles is 2. The van der Waals surface area contributed by atoms with Crippen LogP contribution < -0.4 is 0 Å². The predicted molar refractivity (Wildman–Crippen MR) is 167 cm³/mol. The Morgan fingerprint density at radius 3 is 1.17 bits per heavy atom. The summed E-state index contributed by atoms with van der Waals surface area (Å²) in [5.41, 5.74) is 10.9. The fraction of sp³-hybridized carbons (Fsp3) is 0.0526. The van der Waals surface area contributed by atoms with Gasteiger partial charge in [-0.05, 0) is 79.6 Å². The number of benzene rings is 5. The topological polar surface area (TPSA) is 73.9 Å². The third-order valence-corrected chi connectivity index (χ3v) is 7.73. The van der Waals surface area contributed by atoms with Gasteiger partial charge in [-0.2, -0.15) is 10.5 Å². The highest BCUT2D eigenvalue weighted by atomic mass is 16.3. The van der Waals surface area contributed by atoms with E-state index < -0.39 is 0 Å². The zero-order chi connectivity index (χ0) is 28.8. The van der Waals surface area contributed by atoms with E-state index in [1.165, 1.54) is 11.1 Å². The zero-order valence-corrected chi connectivity index (χ0v) is 23.1. The molecule has 7 rings (SSSR count). The maximum atomic E-state index is 9.32. The van der Waals surface area contributed by atoms with Crippen LogP contribution in [0.5, 0.6) is 0 Å². The summed E-state index contributed by atoms with van der Waals surface area (Å²) in [6, 6.07) is 40.4. The lowest BCUT2D eigenvalue weighted by atomic mass is 9.94. The van der Waals surface area contributed by atoms with E-state index in [1.54, 1.807) is 0 Å². The van der Waals surface area contributed by atoms with Crippen molar-refractivity contribution < 1.29 is 8.83 Å². The van der Waals surface area contributed by atoms with Crippen molar-refractivity contribution in [3.8, 4) is 57.0 Å². The van der Waals surface area contributed by atoms with Gasteiger partial charge in [-0.1, -0.05) is 59.7 Å². The number of rotatable bonds is 4. The Morgan fingerprint density at radius 1 is 0.452 bits per heavy atom. The molecule has 0 fully saturated rings. The van der Waals surface area contributed by atoms with Gasteiger partial charge in [-0.25, -0.2) is 0 Å². The fourth-order valence-corrected chi connectivity index (χ4v) is 5.50. The maximum Gasteiger partial charge on any atom is 0.143 e. The molecule has 0 saturated carbocycles. The lowest BCUT2D eigenvalue weighted by Gasteiger charge is -2.06. The maximum absolute atomic E-state index is 9.32. The minimum atomic E-state index is 0.599. The van der Waals surface area contributed by atoms with Gasteiger partial charge in [0.2, 0.25) is 0 Å². The van der Waals surface area contributed by atoms with Gasteiger partial charge in [0.25, 0.3) is 0 Å². The van der Waals surface area contributed by atoms with E-state index in [4.69, 9.17) is 8.83 Å². The van der Waals surface area contributed by atoms with Crippen LogP contribution >= 0.6 is 0 Å². The molecule has 198 valence electrons. The van der Waals surface area contributed by atoms with Crippen molar-refractivity contribution in [2.24, 2.45) is 0 Å². The van der Waals surface area contributed by atoms with Crippen LogP contribution in [-0.4, -0.2) is 0 Å². The van der Waals surface area contributed by atoms with E-state index in [9.17, 15) is 10.5 Å². The number of hydrogen-bond donors (Lipinski definition) is 0. The number of nitrogens with zero attached hydrogens (tertiary/aromatic N) is 2. The Bertz CT molecular complexity index is 2030. The van der Waals surface area contributed by atoms with Crippen molar-refractivity contribution in [3.05, 3.63) is 131 Å². The molecule has 0 aliphatic rings. The second-order valence-corrected chi connectivity index (χ2v) is 10.6. The van der Waals surface area contributed by atoms with Crippen molar-refractivity contribution in [3.63, 3.8) is 0 Å². The molecule has 4 nitrogen and oxygen atoms in total. The van der Waals surface area contributed by atoms with Gasteiger partial charge in [-0.3, -0.25) is 0 Å². The molecule has 0 bridgehead atoms. The third kappa shape index (κ3) is 4.24. The fourth-order valence-electron chi connectivity index (χ4n) is 5.50. The van der Waals surface area contributed by atoms with Crippen LogP contribution in [0.3, 0.4) is 0 Å². The molecule has 7 aromatic rings. The van der Waals surface area contributed by atoms with E-state index in [2.05, 4.69) is 80.6 Å². The predicted octanol–water partition coefficient (Wildman–Crippen LogP) is 10.2. The molecule has 42 heavy (non-hydrogen) atoms. The van der Waals surface area contributed by atoms with E-state index in [-0.39, 0.29) is 0 Å². The standard InChI is InChI=1S/C38H24N2O2/c1-23-3-11-27(12-4-23)35-31-19-32-34(20-33(31)41-37(35)29-15-7-25(21-39)8-16-29)42-38(30-17-9-26(22-40)10-18-30)36(32)28-13-5-24(2)6-14-28/h3-20H,1-2H3. The Kier molecular flexibility index (Phi) is 5.97. The Labute approximate surface area is 243 Å². The van der Waals surface area contributed by atoms with Gasteiger partial charge in [0, 0.05) is 39.1 Å². The van der Waals surface area contributed by atoms with Crippen LogP contribution in [0, 0.1) is 36.5 Å². The number of aryl methyl sites for hydroxylation is 2.